The summed E-state index contributed by atoms with van der Waals surface area (Å²) >= 11 is 6.22. The third-order valence-electron chi connectivity index (χ3n) is 4.58. The van der Waals surface area contributed by atoms with Gasteiger partial charge in [-0.2, -0.15) is 0 Å². The molecule has 1 aromatic carbocycles. The molecule has 0 fully saturated rings. The zero-order chi connectivity index (χ0) is 18.8. The van der Waals surface area contributed by atoms with Gasteiger partial charge in [0.15, 0.2) is 0 Å². The molecule has 0 saturated heterocycles. The summed E-state index contributed by atoms with van der Waals surface area (Å²) in [6.07, 6.45) is 4.01. The van der Waals surface area contributed by atoms with Crippen LogP contribution >= 0.6 is 11.6 Å². The number of nitrogens with zero attached hydrogens (tertiary/aromatic N) is 1. The molecule has 0 spiro atoms. The standard InChI is InChI=1S/C14H14ClFN2.C4H4O4/c15-13-10(16)7-8-3-6-18-11-2-5-17-4-1-9(11)12(13)14(8)18;5-3(6)1-2-4(7)8/h7,17H,1-6H2;1-2H,(H,5,6)(H,7,8)/b;2-1-. The van der Waals surface area contributed by atoms with Gasteiger partial charge in [-0.25, -0.2) is 14.0 Å². The lowest BCUT2D eigenvalue weighted by atomic mass is 10.0. The summed E-state index contributed by atoms with van der Waals surface area (Å²) in [5.74, 6) is -2.78. The topological polar surface area (TPSA) is 91.6 Å². The lowest BCUT2D eigenvalue weighted by molar-refractivity contribution is -0.134. The molecular formula is C18H18ClFN2O4. The molecule has 0 aliphatic carbocycles. The number of aromatic nitrogens is 1. The number of benzene rings is 1. The molecule has 0 atom stereocenters. The van der Waals surface area contributed by atoms with E-state index in [0.717, 1.165) is 49.8 Å². The van der Waals surface area contributed by atoms with Gasteiger partial charge in [0, 0.05) is 42.7 Å². The van der Waals surface area contributed by atoms with Gasteiger partial charge in [-0.3, -0.25) is 0 Å². The minimum Gasteiger partial charge on any atom is -0.478 e. The van der Waals surface area contributed by atoms with Crippen LogP contribution in [0.3, 0.4) is 0 Å². The highest BCUT2D eigenvalue weighted by atomic mass is 35.5. The van der Waals surface area contributed by atoms with Crippen LogP contribution < -0.4 is 5.32 Å². The van der Waals surface area contributed by atoms with Crippen molar-refractivity contribution in [1.82, 2.24) is 9.88 Å². The number of hydrogen-bond acceptors (Lipinski definition) is 3. The molecule has 0 unspecified atom stereocenters. The number of fused-ring (bicyclic) bond motifs is 3. The van der Waals surface area contributed by atoms with Gasteiger partial charge in [0.25, 0.3) is 0 Å². The Morgan fingerprint density at radius 1 is 1.15 bits per heavy atom. The van der Waals surface area contributed by atoms with Crippen molar-refractivity contribution in [3.05, 3.63) is 45.9 Å². The monoisotopic (exact) mass is 380 g/mol. The first-order chi connectivity index (χ1) is 12.4. The van der Waals surface area contributed by atoms with Gasteiger partial charge in [0.2, 0.25) is 0 Å². The van der Waals surface area contributed by atoms with Crippen molar-refractivity contribution in [2.75, 3.05) is 13.1 Å². The van der Waals surface area contributed by atoms with Crippen molar-refractivity contribution >= 4 is 34.4 Å². The van der Waals surface area contributed by atoms with Crippen molar-refractivity contribution in [3.63, 3.8) is 0 Å². The summed E-state index contributed by atoms with van der Waals surface area (Å²) in [5, 5.41) is 20.3. The molecule has 2 aliphatic rings. The number of carboxylic acid groups (broad SMARTS) is 2. The summed E-state index contributed by atoms with van der Waals surface area (Å²) in [5.41, 5.74) is 4.93. The van der Waals surface area contributed by atoms with Crippen LogP contribution in [0.25, 0.3) is 10.9 Å². The molecule has 2 aromatic rings. The van der Waals surface area contributed by atoms with E-state index in [1.54, 1.807) is 6.07 Å². The van der Waals surface area contributed by atoms with E-state index in [0.29, 0.717) is 17.2 Å². The lowest BCUT2D eigenvalue weighted by Gasteiger charge is -2.05. The highest BCUT2D eigenvalue weighted by Crippen LogP contribution is 2.40. The SMILES string of the molecule is Fc1cc2c3c(c1Cl)c1c(n3CC2)CCNCC1.O=C(O)/C=C\C(=O)O. The first-order valence-electron chi connectivity index (χ1n) is 8.25. The Hall–Kier alpha value is -2.38. The Bertz CT molecular complexity index is 904. The Balaban J connectivity index is 0.000000211. The number of hydrogen-bond donors (Lipinski definition) is 3. The summed E-state index contributed by atoms with van der Waals surface area (Å²) in [7, 11) is 0. The predicted octanol–water partition coefficient (Wildman–Crippen LogP) is 2.39. The second-order valence-electron chi connectivity index (χ2n) is 6.14. The van der Waals surface area contributed by atoms with Crippen LogP contribution in [0.4, 0.5) is 4.39 Å². The third-order valence-corrected chi connectivity index (χ3v) is 4.95. The second kappa shape index (κ2) is 7.47. The molecule has 0 amide bonds. The fourth-order valence-electron chi connectivity index (χ4n) is 3.61. The van der Waals surface area contributed by atoms with Crippen LogP contribution in [0, 0.1) is 5.82 Å². The first kappa shape index (κ1) is 18.4. The molecule has 8 heteroatoms. The lowest BCUT2D eigenvalue weighted by Crippen LogP contribution is -2.17. The van der Waals surface area contributed by atoms with Gasteiger partial charge in [-0.05, 0) is 36.6 Å². The van der Waals surface area contributed by atoms with E-state index in [9.17, 15) is 14.0 Å². The summed E-state index contributed by atoms with van der Waals surface area (Å²) in [6.45, 7) is 2.92. The van der Waals surface area contributed by atoms with Crippen LogP contribution in [-0.2, 0) is 35.4 Å². The molecular weight excluding hydrogens is 363 g/mol. The number of nitrogens with one attached hydrogen (secondary N) is 1. The minimum atomic E-state index is -1.26. The quantitative estimate of drug-likeness (QED) is 0.696. The van der Waals surface area contributed by atoms with E-state index in [2.05, 4.69) is 9.88 Å². The Kier molecular flexibility index (Phi) is 5.29. The Labute approximate surface area is 153 Å². The zero-order valence-corrected chi connectivity index (χ0v) is 14.6. The molecule has 6 nitrogen and oxygen atoms in total. The molecule has 2 aliphatic heterocycles. The molecule has 3 N–H and O–H groups in total. The van der Waals surface area contributed by atoms with Crippen molar-refractivity contribution < 1.29 is 24.2 Å². The largest absolute Gasteiger partial charge is 0.478 e. The number of aliphatic carboxylic acids is 2. The molecule has 4 rings (SSSR count). The van der Waals surface area contributed by atoms with Crippen LogP contribution in [0.15, 0.2) is 18.2 Å². The average Bonchev–Trinajstić information content (AvgIpc) is 3.02. The van der Waals surface area contributed by atoms with E-state index in [1.807, 2.05) is 0 Å². The van der Waals surface area contributed by atoms with E-state index >= 15 is 0 Å². The minimum absolute atomic E-state index is 0.266. The van der Waals surface area contributed by atoms with Gasteiger partial charge in [0.1, 0.15) is 5.82 Å². The van der Waals surface area contributed by atoms with Crippen LogP contribution in [0.1, 0.15) is 16.8 Å². The normalized spacial score (nSPS) is 15.5. The molecule has 26 heavy (non-hydrogen) atoms. The zero-order valence-electron chi connectivity index (χ0n) is 13.9. The highest BCUT2D eigenvalue weighted by Gasteiger charge is 2.27. The number of carboxylic acids is 2. The van der Waals surface area contributed by atoms with Gasteiger partial charge >= 0.3 is 11.9 Å². The fraction of sp³-hybridized carbons (Fsp3) is 0.333. The summed E-state index contributed by atoms with van der Waals surface area (Å²) in [4.78, 5) is 19.1. The van der Waals surface area contributed by atoms with Crippen molar-refractivity contribution in [2.45, 2.75) is 25.8 Å². The van der Waals surface area contributed by atoms with Gasteiger partial charge in [-0.15, -0.1) is 0 Å². The van der Waals surface area contributed by atoms with Crippen LogP contribution in [-0.4, -0.2) is 39.8 Å². The molecule has 138 valence electrons. The van der Waals surface area contributed by atoms with Gasteiger partial charge in [0.05, 0.1) is 10.5 Å². The molecule has 0 saturated carbocycles. The highest BCUT2D eigenvalue weighted by molar-refractivity contribution is 6.36. The molecule has 0 bridgehead atoms. The van der Waals surface area contributed by atoms with E-state index in [4.69, 9.17) is 21.8 Å². The maximum atomic E-state index is 13.9. The predicted molar refractivity (Wildman–Crippen MR) is 95.3 cm³/mol. The van der Waals surface area contributed by atoms with Crippen molar-refractivity contribution in [3.8, 4) is 0 Å². The van der Waals surface area contributed by atoms with E-state index in [1.165, 1.54) is 16.8 Å². The summed E-state index contributed by atoms with van der Waals surface area (Å²) < 4.78 is 16.3. The van der Waals surface area contributed by atoms with E-state index in [-0.39, 0.29) is 5.82 Å². The van der Waals surface area contributed by atoms with Gasteiger partial charge in [-0.1, -0.05) is 11.6 Å². The Morgan fingerprint density at radius 2 is 1.81 bits per heavy atom. The molecule has 1 aromatic heterocycles. The van der Waals surface area contributed by atoms with Crippen molar-refractivity contribution in [2.24, 2.45) is 0 Å². The molecule has 3 heterocycles. The number of rotatable bonds is 2. The average molecular weight is 381 g/mol. The summed E-state index contributed by atoms with van der Waals surface area (Å²) in [6, 6.07) is 1.62. The van der Waals surface area contributed by atoms with Gasteiger partial charge < -0.3 is 20.1 Å². The number of halogens is 2. The second-order valence-corrected chi connectivity index (χ2v) is 6.52. The number of aryl methyl sites for hydroxylation is 2. The maximum absolute atomic E-state index is 13.9. The Morgan fingerprint density at radius 3 is 2.46 bits per heavy atom. The van der Waals surface area contributed by atoms with E-state index < -0.39 is 11.9 Å². The molecule has 0 radical (unpaired) electrons. The number of carbonyl (C=O) groups is 2. The smallest absolute Gasteiger partial charge is 0.328 e. The van der Waals surface area contributed by atoms with Crippen molar-refractivity contribution in [1.29, 1.82) is 0 Å². The maximum Gasteiger partial charge on any atom is 0.328 e. The van der Waals surface area contributed by atoms with Crippen LogP contribution in [0.2, 0.25) is 5.02 Å². The third kappa shape index (κ3) is 3.45. The van der Waals surface area contributed by atoms with Crippen LogP contribution in [0.5, 0.6) is 0 Å². The fourth-order valence-corrected chi connectivity index (χ4v) is 3.87. The first-order valence-corrected chi connectivity index (χ1v) is 8.63.